The Morgan fingerprint density at radius 3 is 2.92 bits per heavy atom. The van der Waals surface area contributed by atoms with Crippen LogP contribution < -0.4 is 5.73 Å². The quantitative estimate of drug-likeness (QED) is 0.678. The third kappa shape index (κ3) is 2.23. The predicted octanol–water partition coefficient (Wildman–Crippen LogP) is 0.810. The molecule has 0 atom stereocenters. The van der Waals surface area contributed by atoms with Gasteiger partial charge < -0.3 is 10.5 Å². The van der Waals surface area contributed by atoms with Crippen molar-refractivity contribution in [3.8, 4) is 0 Å². The molecule has 0 spiro atoms. The average Bonchev–Trinajstić information content (AvgIpc) is 2.32. The Bertz CT molecular complexity index is 225. The SMILES string of the molecule is CCOCCn1cc(C)c(N)n1. The summed E-state index contributed by atoms with van der Waals surface area (Å²) in [7, 11) is 0. The number of hydrogen-bond acceptors (Lipinski definition) is 3. The van der Waals surface area contributed by atoms with Gasteiger partial charge in [-0.2, -0.15) is 5.10 Å². The van der Waals surface area contributed by atoms with Gasteiger partial charge in [0.2, 0.25) is 0 Å². The highest BCUT2D eigenvalue weighted by Crippen LogP contribution is 2.05. The van der Waals surface area contributed by atoms with Crippen molar-refractivity contribution in [1.29, 1.82) is 0 Å². The van der Waals surface area contributed by atoms with Gasteiger partial charge in [-0.1, -0.05) is 0 Å². The van der Waals surface area contributed by atoms with Crippen molar-refractivity contribution in [2.75, 3.05) is 18.9 Å². The molecule has 0 saturated carbocycles. The second kappa shape index (κ2) is 4.11. The van der Waals surface area contributed by atoms with Gasteiger partial charge in [-0.05, 0) is 13.8 Å². The molecule has 0 saturated heterocycles. The van der Waals surface area contributed by atoms with Crippen molar-refractivity contribution in [2.24, 2.45) is 0 Å². The van der Waals surface area contributed by atoms with Crippen molar-refractivity contribution in [3.63, 3.8) is 0 Å². The molecule has 68 valence electrons. The number of nitrogen functional groups attached to an aromatic ring is 1. The Morgan fingerprint density at radius 2 is 2.42 bits per heavy atom. The van der Waals surface area contributed by atoms with Crippen LogP contribution in [0.25, 0.3) is 0 Å². The van der Waals surface area contributed by atoms with Crippen LogP contribution in [0, 0.1) is 6.92 Å². The van der Waals surface area contributed by atoms with Crippen LogP contribution in [0.2, 0.25) is 0 Å². The molecule has 1 rings (SSSR count). The molecule has 2 N–H and O–H groups in total. The number of rotatable bonds is 4. The van der Waals surface area contributed by atoms with Gasteiger partial charge in [0.25, 0.3) is 0 Å². The van der Waals surface area contributed by atoms with Crippen LogP contribution in [0.15, 0.2) is 6.20 Å². The standard InChI is InChI=1S/C8H15N3O/c1-3-12-5-4-11-6-7(2)8(9)10-11/h6H,3-5H2,1-2H3,(H2,9,10). The first kappa shape index (κ1) is 9.06. The largest absolute Gasteiger partial charge is 0.382 e. The molecule has 0 aliphatic rings. The van der Waals surface area contributed by atoms with Gasteiger partial charge in [-0.3, -0.25) is 4.68 Å². The molecule has 0 aliphatic heterocycles. The lowest BCUT2D eigenvalue weighted by molar-refractivity contribution is 0.136. The molecule has 4 heteroatoms. The van der Waals surface area contributed by atoms with E-state index in [1.165, 1.54) is 0 Å². The van der Waals surface area contributed by atoms with E-state index in [0.29, 0.717) is 12.4 Å². The van der Waals surface area contributed by atoms with Gasteiger partial charge in [-0.25, -0.2) is 0 Å². The Labute approximate surface area is 72.3 Å². The topological polar surface area (TPSA) is 53.1 Å². The molecule has 0 amide bonds. The van der Waals surface area contributed by atoms with E-state index in [0.717, 1.165) is 18.7 Å². The molecule has 0 aliphatic carbocycles. The van der Waals surface area contributed by atoms with Crippen LogP contribution in [0.1, 0.15) is 12.5 Å². The maximum Gasteiger partial charge on any atom is 0.148 e. The number of nitrogens with zero attached hydrogens (tertiary/aromatic N) is 2. The second-order valence-electron chi connectivity index (χ2n) is 2.66. The molecule has 0 bridgehead atoms. The third-order valence-corrected chi connectivity index (χ3v) is 1.65. The van der Waals surface area contributed by atoms with Crippen molar-refractivity contribution in [3.05, 3.63) is 11.8 Å². The fraction of sp³-hybridized carbons (Fsp3) is 0.625. The lowest BCUT2D eigenvalue weighted by Crippen LogP contribution is -2.06. The molecule has 0 unspecified atom stereocenters. The van der Waals surface area contributed by atoms with E-state index in [9.17, 15) is 0 Å². The molecule has 0 fully saturated rings. The number of anilines is 1. The predicted molar refractivity (Wildman–Crippen MR) is 47.9 cm³/mol. The first-order valence-electron chi connectivity index (χ1n) is 4.11. The summed E-state index contributed by atoms with van der Waals surface area (Å²) in [6, 6.07) is 0. The summed E-state index contributed by atoms with van der Waals surface area (Å²) in [6.07, 6.45) is 1.92. The van der Waals surface area contributed by atoms with E-state index < -0.39 is 0 Å². The highest BCUT2D eigenvalue weighted by atomic mass is 16.5. The third-order valence-electron chi connectivity index (χ3n) is 1.65. The Balaban J connectivity index is 2.42. The number of ether oxygens (including phenoxy) is 1. The van der Waals surface area contributed by atoms with Crippen LogP contribution in [0.3, 0.4) is 0 Å². The zero-order chi connectivity index (χ0) is 8.97. The van der Waals surface area contributed by atoms with Crippen LogP contribution in [0.5, 0.6) is 0 Å². The molecule has 1 aromatic heterocycles. The van der Waals surface area contributed by atoms with Gasteiger partial charge in [0.1, 0.15) is 5.82 Å². The lowest BCUT2D eigenvalue weighted by atomic mass is 10.4. The maximum absolute atomic E-state index is 5.57. The summed E-state index contributed by atoms with van der Waals surface area (Å²) in [5.41, 5.74) is 6.59. The van der Waals surface area contributed by atoms with Crippen LogP contribution in [-0.2, 0) is 11.3 Å². The minimum atomic E-state index is 0.603. The lowest BCUT2D eigenvalue weighted by Gasteiger charge is -2.00. The zero-order valence-electron chi connectivity index (χ0n) is 7.58. The number of aryl methyl sites for hydroxylation is 1. The van der Waals surface area contributed by atoms with Gasteiger partial charge in [-0.15, -0.1) is 0 Å². The molecule has 12 heavy (non-hydrogen) atoms. The molecule has 0 radical (unpaired) electrons. The van der Waals surface area contributed by atoms with E-state index in [1.54, 1.807) is 4.68 Å². The van der Waals surface area contributed by atoms with Crippen LogP contribution in [0.4, 0.5) is 5.82 Å². The van der Waals surface area contributed by atoms with Crippen molar-refractivity contribution in [1.82, 2.24) is 9.78 Å². The summed E-state index contributed by atoms with van der Waals surface area (Å²) in [5, 5.41) is 4.10. The molecule has 0 aromatic carbocycles. The van der Waals surface area contributed by atoms with Crippen molar-refractivity contribution >= 4 is 5.82 Å². The first-order chi connectivity index (χ1) is 5.74. The van der Waals surface area contributed by atoms with Crippen LogP contribution >= 0.6 is 0 Å². The Hall–Kier alpha value is -1.03. The monoisotopic (exact) mass is 169 g/mol. The number of nitrogens with two attached hydrogens (primary N) is 1. The highest BCUT2D eigenvalue weighted by molar-refractivity contribution is 5.35. The van der Waals surface area contributed by atoms with E-state index in [-0.39, 0.29) is 0 Å². The molecular weight excluding hydrogens is 154 g/mol. The smallest absolute Gasteiger partial charge is 0.148 e. The maximum atomic E-state index is 5.57. The summed E-state index contributed by atoms with van der Waals surface area (Å²) in [4.78, 5) is 0. The highest BCUT2D eigenvalue weighted by Gasteiger charge is 1.99. The van der Waals surface area contributed by atoms with Gasteiger partial charge in [0, 0.05) is 18.4 Å². The number of hydrogen-bond donors (Lipinski definition) is 1. The van der Waals surface area contributed by atoms with Crippen molar-refractivity contribution < 1.29 is 4.74 Å². The Morgan fingerprint density at radius 1 is 1.67 bits per heavy atom. The minimum Gasteiger partial charge on any atom is -0.382 e. The zero-order valence-corrected chi connectivity index (χ0v) is 7.58. The van der Waals surface area contributed by atoms with Gasteiger partial charge in [0.15, 0.2) is 0 Å². The molecule has 4 nitrogen and oxygen atoms in total. The van der Waals surface area contributed by atoms with Crippen molar-refractivity contribution in [2.45, 2.75) is 20.4 Å². The summed E-state index contributed by atoms with van der Waals surface area (Å²) in [5.74, 6) is 0.603. The minimum absolute atomic E-state index is 0.603. The fourth-order valence-corrected chi connectivity index (χ4v) is 0.953. The average molecular weight is 169 g/mol. The summed E-state index contributed by atoms with van der Waals surface area (Å²) >= 11 is 0. The Kier molecular flexibility index (Phi) is 3.10. The van der Waals surface area contributed by atoms with Crippen LogP contribution in [-0.4, -0.2) is 23.0 Å². The first-order valence-corrected chi connectivity index (χ1v) is 4.11. The second-order valence-corrected chi connectivity index (χ2v) is 2.66. The van der Waals surface area contributed by atoms with Gasteiger partial charge in [0.05, 0.1) is 13.2 Å². The molecular formula is C8H15N3O. The molecule has 1 aromatic rings. The fourth-order valence-electron chi connectivity index (χ4n) is 0.953. The number of aromatic nitrogens is 2. The summed E-state index contributed by atoms with van der Waals surface area (Å²) < 4.78 is 6.99. The van der Waals surface area contributed by atoms with E-state index in [2.05, 4.69) is 5.10 Å². The van der Waals surface area contributed by atoms with E-state index in [4.69, 9.17) is 10.5 Å². The normalized spacial score (nSPS) is 10.5. The van der Waals surface area contributed by atoms with Gasteiger partial charge >= 0.3 is 0 Å². The van der Waals surface area contributed by atoms with E-state index >= 15 is 0 Å². The summed E-state index contributed by atoms with van der Waals surface area (Å²) in [6.45, 7) is 6.13. The van der Waals surface area contributed by atoms with E-state index in [1.807, 2.05) is 20.0 Å². The molecule has 1 heterocycles.